The van der Waals surface area contributed by atoms with Crippen molar-refractivity contribution in [2.75, 3.05) is 6.54 Å². The third-order valence-corrected chi connectivity index (χ3v) is 3.44. The fourth-order valence-electron chi connectivity index (χ4n) is 2.03. The highest BCUT2D eigenvalue weighted by Crippen LogP contribution is 2.23. The average Bonchev–Trinajstić information content (AvgIpc) is 3.00. The fraction of sp³-hybridized carbons (Fsp3) is 0.312. The Hall–Kier alpha value is -2.34. The minimum absolute atomic E-state index is 0.153. The molecule has 7 heteroatoms. The van der Waals surface area contributed by atoms with E-state index in [0.29, 0.717) is 23.7 Å². The molecule has 0 saturated carbocycles. The number of nitrogens with zero attached hydrogens (tertiary/aromatic N) is 1. The Balaban J connectivity index is 1.81. The monoisotopic (exact) mass is 336 g/mol. The molecule has 0 aliphatic carbocycles. The van der Waals surface area contributed by atoms with Crippen LogP contribution in [0, 0.1) is 0 Å². The van der Waals surface area contributed by atoms with Crippen LogP contribution < -0.4 is 5.32 Å². The van der Waals surface area contributed by atoms with Crippen LogP contribution in [0.3, 0.4) is 0 Å². The Kier molecular flexibility index (Phi) is 6.17. The normalized spacial score (nSPS) is 10.5. The zero-order valence-corrected chi connectivity index (χ0v) is 13.2. The summed E-state index contributed by atoms with van der Waals surface area (Å²) in [6.07, 6.45) is 2.23. The van der Waals surface area contributed by atoms with Crippen molar-refractivity contribution < 1.29 is 19.2 Å². The molecule has 0 aliphatic heterocycles. The molecule has 122 valence electrons. The van der Waals surface area contributed by atoms with E-state index in [1.807, 2.05) is 6.07 Å². The summed E-state index contributed by atoms with van der Waals surface area (Å²) < 4.78 is 5.16. The van der Waals surface area contributed by atoms with Gasteiger partial charge < -0.3 is 14.9 Å². The molecular formula is C16H17ClN2O4. The third kappa shape index (κ3) is 5.41. The number of aromatic nitrogens is 1. The Morgan fingerprint density at radius 1 is 1.22 bits per heavy atom. The molecule has 1 aromatic carbocycles. The predicted octanol–water partition coefficient (Wildman–Crippen LogP) is 3.37. The summed E-state index contributed by atoms with van der Waals surface area (Å²) >= 11 is 5.92. The molecule has 0 unspecified atom stereocenters. The van der Waals surface area contributed by atoms with Gasteiger partial charge in [-0.1, -0.05) is 35.3 Å². The highest BCUT2D eigenvalue weighted by molar-refractivity contribution is 6.30. The van der Waals surface area contributed by atoms with Crippen LogP contribution in [-0.2, 0) is 4.79 Å². The molecule has 2 rings (SSSR count). The van der Waals surface area contributed by atoms with E-state index in [4.69, 9.17) is 21.2 Å². The number of halogens is 1. The molecule has 0 atom stereocenters. The van der Waals surface area contributed by atoms with Crippen LogP contribution in [0.2, 0.25) is 5.02 Å². The van der Waals surface area contributed by atoms with Crippen molar-refractivity contribution in [2.45, 2.75) is 25.7 Å². The summed E-state index contributed by atoms with van der Waals surface area (Å²) in [6.45, 7) is 0.470. The van der Waals surface area contributed by atoms with Gasteiger partial charge in [-0.15, -0.1) is 0 Å². The maximum absolute atomic E-state index is 11.9. The SMILES string of the molecule is O=C(O)CCCCCNC(=O)c1cc(-c2cccc(Cl)c2)on1. The minimum atomic E-state index is -0.801. The molecule has 0 bridgehead atoms. The number of unbranched alkanes of at least 4 members (excludes halogenated alkanes) is 2. The van der Waals surface area contributed by atoms with Gasteiger partial charge >= 0.3 is 5.97 Å². The van der Waals surface area contributed by atoms with Gasteiger partial charge in [0.05, 0.1) is 0 Å². The molecule has 0 aliphatic rings. The number of rotatable bonds is 8. The van der Waals surface area contributed by atoms with Gasteiger partial charge in [-0.3, -0.25) is 9.59 Å². The first-order chi connectivity index (χ1) is 11.1. The van der Waals surface area contributed by atoms with Crippen molar-refractivity contribution in [1.82, 2.24) is 10.5 Å². The fourth-order valence-corrected chi connectivity index (χ4v) is 2.22. The van der Waals surface area contributed by atoms with Crippen LogP contribution in [0.1, 0.15) is 36.2 Å². The Labute approximate surface area is 138 Å². The number of hydrogen-bond donors (Lipinski definition) is 2. The summed E-state index contributed by atoms with van der Waals surface area (Å²) in [7, 11) is 0. The van der Waals surface area contributed by atoms with E-state index in [2.05, 4.69) is 10.5 Å². The number of aliphatic carboxylic acids is 1. The van der Waals surface area contributed by atoms with Crippen LogP contribution in [0.4, 0.5) is 0 Å². The van der Waals surface area contributed by atoms with Crippen LogP contribution >= 0.6 is 11.6 Å². The highest BCUT2D eigenvalue weighted by atomic mass is 35.5. The molecule has 0 radical (unpaired) electrons. The second-order valence-electron chi connectivity index (χ2n) is 5.05. The molecule has 0 saturated heterocycles. The topological polar surface area (TPSA) is 92.4 Å². The van der Waals surface area contributed by atoms with Crippen molar-refractivity contribution in [2.24, 2.45) is 0 Å². The van der Waals surface area contributed by atoms with Crippen molar-refractivity contribution >= 4 is 23.5 Å². The van der Waals surface area contributed by atoms with Crippen molar-refractivity contribution in [1.29, 1.82) is 0 Å². The van der Waals surface area contributed by atoms with Crippen molar-refractivity contribution in [3.8, 4) is 11.3 Å². The van der Waals surface area contributed by atoms with Gasteiger partial charge in [0.15, 0.2) is 11.5 Å². The molecule has 1 aromatic heterocycles. The number of carboxylic acid groups (broad SMARTS) is 1. The number of carboxylic acids is 1. The van der Waals surface area contributed by atoms with E-state index in [-0.39, 0.29) is 18.0 Å². The van der Waals surface area contributed by atoms with Gasteiger partial charge in [-0.05, 0) is 25.0 Å². The molecular weight excluding hydrogens is 320 g/mol. The van der Waals surface area contributed by atoms with Crippen LogP contribution in [0.15, 0.2) is 34.9 Å². The standard InChI is InChI=1S/C16H17ClN2O4/c17-12-6-4-5-11(9-12)14-10-13(19-23-14)16(22)18-8-3-1-2-7-15(20)21/h4-6,9-10H,1-3,7-8H2,(H,18,22)(H,20,21). The Morgan fingerprint density at radius 2 is 2.04 bits per heavy atom. The van der Waals surface area contributed by atoms with Crippen LogP contribution in [0.5, 0.6) is 0 Å². The third-order valence-electron chi connectivity index (χ3n) is 3.20. The lowest BCUT2D eigenvalue weighted by atomic mass is 10.1. The van der Waals surface area contributed by atoms with Gasteiger partial charge in [-0.25, -0.2) is 0 Å². The maximum atomic E-state index is 11.9. The van der Waals surface area contributed by atoms with Gasteiger partial charge in [0.25, 0.3) is 5.91 Å². The van der Waals surface area contributed by atoms with Crippen LogP contribution in [0.25, 0.3) is 11.3 Å². The molecule has 0 spiro atoms. The van der Waals surface area contributed by atoms with E-state index >= 15 is 0 Å². The van der Waals surface area contributed by atoms with Crippen LogP contribution in [-0.4, -0.2) is 28.7 Å². The van der Waals surface area contributed by atoms with E-state index < -0.39 is 5.97 Å². The van der Waals surface area contributed by atoms with Gasteiger partial charge in [0, 0.05) is 29.6 Å². The molecule has 2 N–H and O–H groups in total. The number of nitrogens with one attached hydrogen (secondary N) is 1. The van der Waals surface area contributed by atoms with Crippen molar-refractivity contribution in [3.63, 3.8) is 0 Å². The molecule has 0 fully saturated rings. The molecule has 1 amide bonds. The second-order valence-corrected chi connectivity index (χ2v) is 5.48. The van der Waals surface area contributed by atoms with Crippen molar-refractivity contribution in [3.05, 3.63) is 41.0 Å². The first-order valence-corrected chi connectivity index (χ1v) is 7.66. The van der Waals surface area contributed by atoms with Gasteiger partial charge in [0.1, 0.15) is 0 Å². The predicted molar refractivity (Wildman–Crippen MR) is 85.4 cm³/mol. The lowest BCUT2D eigenvalue weighted by molar-refractivity contribution is -0.137. The van der Waals surface area contributed by atoms with Gasteiger partial charge in [0.2, 0.25) is 0 Å². The Bertz CT molecular complexity index is 684. The molecule has 6 nitrogen and oxygen atoms in total. The number of hydrogen-bond acceptors (Lipinski definition) is 4. The smallest absolute Gasteiger partial charge is 0.303 e. The second kappa shape index (κ2) is 8.33. The van der Waals surface area contributed by atoms with E-state index in [1.54, 1.807) is 24.3 Å². The first kappa shape index (κ1) is 17.0. The number of benzene rings is 1. The lowest BCUT2D eigenvalue weighted by Gasteiger charge is -2.01. The van der Waals surface area contributed by atoms with E-state index in [0.717, 1.165) is 18.4 Å². The summed E-state index contributed by atoms with van der Waals surface area (Å²) in [5, 5.41) is 15.6. The number of carbonyl (C=O) groups is 2. The average molecular weight is 337 g/mol. The molecule has 2 aromatic rings. The zero-order chi connectivity index (χ0) is 16.7. The Morgan fingerprint density at radius 3 is 2.78 bits per heavy atom. The maximum Gasteiger partial charge on any atom is 0.303 e. The number of carbonyl (C=O) groups excluding carboxylic acids is 1. The largest absolute Gasteiger partial charge is 0.481 e. The summed E-state index contributed by atoms with van der Waals surface area (Å²) in [5.74, 6) is -0.649. The number of amides is 1. The zero-order valence-electron chi connectivity index (χ0n) is 12.4. The van der Waals surface area contributed by atoms with E-state index in [9.17, 15) is 9.59 Å². The molecule has 1 heterocycles. The highest BCUT2D eigenvalue weighted by Gasteiger charge is 2.13. The molecule has 23 heavy (non-hydrogen) atoms. The lowest BCUT2D eigenvalue weighted by Crippen LogP contribution is -2.24. The first-order valence-electron chi connectivity index (χ1n) is 7.29. The van der Waals surface area contributed by atoms with Gasteiger partial charge in [-0.2, -0.15) is 0 Å². The summed E-state index contributed by atoms with van der Waals surface area (Å²) in [6, 6.07) is 8.64. The summed E-state index contributed by atoms with van der Waals surface area (Å²) in [5.41, 5.74) is 0.947. The van der Waals surface area contributed by atoms with E-state index in [1.165, 1.54) is 0 Å². The quantitative estimate of drug-likeness (QED) is 0.721. The summed E-state index contributed by atoms with van der Waals surface area (Å²) in [4.78, 5) is 22.3. The minimum Gasteiger partial charge on any atom is -0.481 e.